The van der Waals surface area contributed by atoms with Gasteiger partial charge in [0.25, 0.3) is 16.1 Å². The van der Waals surface area contributed by atoms with Crippen molar-refractivity contribution in [3.63, 3.8) is 0 Å². The van der Waals surface area contributed by atoms with Gasteiger partial charge in [-0.1, -0.05) is 6.92 Å². The minimum absolute atomic E-state index is 0.0558. The molecule has 40 heavy (non-hydrogen) atoms. The monoisotopic (exact) mass is 633 g/mol. The molecule has 0 aromatic heterocycles. The molecule has 0 amide bonds. The standard InChI is InChI=1S/C21H39B2O14P3/c1-4-8-15(35-22)17(27-3)12(25)20(31-8)34-18-13(26)21(32-10(6-29-39)16(18)36-23)33-14-9(5-28-38)30-7(2)11(24)19(14)37-40/h7-21,24-26H,4-6,38-40H2,1-3H3/t7?,8?,9?,10?,11-,12-,13+,14-,15+,16+,17-,18-,19-,20?,21?/m1/s1/i24D,25D,26D. The van der Waals surface area contributed by atoms with Gasteiger partial charge in [-0.3, -0.25) is 0 Å². The van der Waals surface area contributed by atoms with Crippen LogP contribution >= 0.6 is 28.4 Å². The van der Waals surface area contributed by atoms with E-state index in [1.165, 1.54) is 7.11 Å². The highest BCUT2D eigenvalue weighted by Gasteiger charge is 2.54. The molecule has 3 fully saturated rings. The van der Waals surface area contributed by atoms with E-state index < -0.39 is 91.9 Å². The summed E-state index contributed by atoms with van der Waals surface area (Å²) in [7, 11) is 19.0. The van der Waals surface area contributed by atoms with Gasteiger partial charge in [-0.25, -0.2) is 0 Å². The second kappa shape index (κ2) is 16.8. The molecule has 0 aromatic carbocycles. The summed E-state index contributed by atoms with van der Waals surface area (Å²) in [6.45, 7) is 3.55. The van der Waals surface area contributed by atoms with Gasteiger partial charge in [-0.2, -0.15) is 0 Å². The minimum atomic E-state index is -1.35. The van der Waals surface area contributed by atoms with Crippen LogP contribution in [0.5, 0.6) is 0 Å². The van der Waals surface area contributed by atoms with E-state index in [2.05, 4.69) is 28.4 Å². The quantitative estimate of drug-likeness (QED) is 0.129. The molecule has 0 aromatic rings. The van der Waals surface area contributed by atoms with Crippen molar-refractivity contribution >= 4 is 44.5 Å². The van der Waals surface area contributed by atoms with Crippen molar-refractivity contribution in [3.05, 3.63) is 0 Å². The van der Waals surface area contributed by atoms with Crippen LogP contribution < -0.4 is 0 Å². The highest BCUT2D eigenvalue weighted by atomic mass is 31.0. The average molecular weight is 633 g/mol. The van der Waals surface area contributed by atoms with Crippen LogP contribution in [0.15, 0.2) is 0 Å². The first-order valence-electron chi connectivity index (χ1n) is 13.9. The van der Waals surface area contributed by atoms with Crippen molar-refractivity contribution in [1.29, 1.82) is 4.29 Å². The Morgan fingerprint density at radius 1 is 0.725 bits per heavy atom. The van der Waals surface area contributed by atoms with Gasteiger partial charge in [-0.15, -0.1) is 0 Å². The predicted molar refractivity (Wildman–Crippen MR) is 148 cm³/mol. The number of aliphatic hydroxyl groups is 3. The molecular weight excluding hydrogens is 591 g/mol. The van der Waals surface area contributed by atoms with Crippen molar-refractivity contribution in [2.24, 2.45) is 0 Å². The summed E-state index contributed by atoms with van der Waals surface area (Å²) in [5, 5.41) is 14.9. The Labute approximate surface area is 248 Å². The zero-order valence-corrected chi connectivity index (χ0v) is 25.8. The van der Waals surface area contributed by atoms with Crippen molar-refractivity contribution in [2.75, 3.05) is 20.3 Å². The first-order valence-corrected chi connectivity index (χ1v) is 14.1. The molecule has 3 N–H and O–H groups in total. The van der Waals surface area contributed by atoms with E-state index in [1.54, 1.807) is 6.92 Å². The summed E-state index contributed by atoms with van der Waals surface area (Å²) < 4.78 is 86.2. The summed E-state index contributed by atoms with van der Waals surface area (Å²) >= 11 is 0. The average Bonchev–Trinajstić information content (AvgIpc) is 3.01. The van der Waals surface area contributed by atoms with Crippen LogP contribution in [-0.4, -0.2) is 148 Å². The molecule has 0 bridgehead atoms. The summed E-state index contributed by atoms with van der Waals surface area (Å²) in [6, 6.07) is 0. The van der Waals surface area contributed by atoms with E-state index in [9.17, 15) is 0 Å². The van der Waals surface area contributed by atoms with Crippen LogP contribution in [0, 0.1) is 0 Å². The van der Waals surface area contributed by atoms with Gasteiger partial charge in [0.15, 0.2) is 12.6 Å². The third kappa shape index (κ3) is 7.73. The molecule has 3 rings (SSSR count). The van der Waals surface area contributed by atoms with Crippen LogP contribution in [0.25, 0.3) is 0 Å². The van der Waals surface area contributed by atoms with Crippen molar-refractivity contribution < 1.29 is 66.6 Å². The molecule has 0 saturated carbocycles. The van der Waals surface area contributed by atoms with E-state index in [1.807, 2.05) is 6.92 Å². The van der Waals surface area contributed by atoms with Gasteiger partial charge in [0, 0.05) is 35.5 Å². The predicted octanol–water partition coefficient (Wildman–Crippen LogP) is -1.77. The number of methoxy groups -OCH3 is 1. The number of aliphatic hydroxyl groups excluding tert-OH is 3. The van der Waals surface area contributed by atoms with E-state index >= 15 is 0 Å². The molecule has 14 nitrogen and oxygen atoms in total. The summed E-state index contributed by atoms with van der Waals surface area (Å²) in [5.41, 5.74) is 0. The maximum atomic E-state index is 7.98. The topological polar surface area (TPSA) is 162 Å². The Balaban J connectivity index is 1.97. The van der Waals surface area contributed by atoms with Crippen molar-refractivity contribution in [3.8, 4) is 0 Å². The number of ether oxygens (including phenoxy) is 6. The second-order valence-electron chi connectivity index (χ2n) is 9.64. The van der Waals surface area contributed by atoms with Gasteiger partial charge in [0.2, 0.25) is 4.29 Å². The summed E-state index contributed by atoms with van der Waals surface area (Å²) in [4.78, 5) is 0. The molecule has 3 saturated heterocycles. The third-order valence-corrected chi connectivity index (χ3v) is 8.00. The van der Waals surface area contributed by atoms with Gasteiger partial charge in [0.1, 0.15) is 54.9 Å². The first-order chi connectivity index (χ1) is 20.8. The van der Waals surface area contributed by atoms with Gasteiger partial charge in [0.05, 0.1) is 37.6 Å². The number of hydrogen-bond acceptors (Lipinski definition) is 14. The maximum Gasteiger partial charge on any atom is 0.283 e. The largest absolute Gasteiger partial charge is 0.440 e. The molecule has 3 aliphatic rings. The van der Waals surface area contributed by atoms with Crippen molar-refractivity contribution in [1.82, 2.24) is 0 Å². The van der Waals surface area contributed by atoms with E-state index in [0.717, 1.165) is 0 Å². The fourth-order valence-corrected chi connectivity index (χ4v) is 5.93. The molecule has 228 valence electrons. The molecule has 4 radical (unpaired) electrons. The molecule has 3 aliphatic heterocycles. The minimum Gasteiger partial charge on any atom is -0.440 e. The van der Waals surface area contributed by atoms with Crippen LogP contribution in [-0.2, 0) is 51.3 Å². The lowest BCUT2D eigenvalue weighted by atomic mass is 9.94. The Hall–Kier alpha value is 0.860. The summed E-state index contributed by atoms with van der Waals surface area (Å²) in [6.07, 6.45) is -14.1. The Morgan fingerprint density at radius 3 is 1.75 bits per heavy atom. The Morgan fingerprint density at radius 2 is 1.25 bits per heavy atom. The first kappa shape index (κ1) is 30.9. The lowest BCUT2D eigenvalue weighted by Crippen LogP contribution is -2.67. The Bertz CT molecular complexity index is 815. The molecule has 19 heteroatoms. The van der Waals surface area contributed by atoms with Crippen LogP contribution in [0.4, 0.5) is 0 Å². The second-order valence-corrected chi connectivity index (χ2v) is 10.6. The van der Waals surface area contributed by atoms with E-state index in [-0.39, 0.29) is 13.2 Å². The van der Waals surface area contributed by atoms with Crippen LogP contribution in [0.2, 0.25) is 0 Å². The van der Waals surface area contributed by atoms with E-state index in [4.69, 9.17) is 87.0 Å². The lowest BCUT2D eigenvalue weighted by Gasteiger charge is -2.50. The smallest absolute Gasteiger partial charge is 0.283 e. The van der Waals surface area contributed by atoms with Crippen LogP contribution in [0.1, 0.15) is 20.3 Å². The molecule has 0 spiro atoms. The molecule has 18 atom stereocenters. The number of rotatable bonds is 16. The highest BCUT2D eigenvalue weighted by Crippen LogP contribution is 2.35. The zero-order chi connectivity index (χ0) is 31.7. The third-order valence-electron chi connectivity index (χ3n) is 7.30. The molecule has 3 heterocycles. The van der Waals surface area contributed by atoms with E-state index in [0.29, 0.717) is 6.42 Å². The molecular formula is C21H39B2O14P3. The zero-order valence-electron chi connectivity index (χ0n) is 25.4. The normalized spacial score (nSPS) is 47.4. The Kier molecular flexibility index (Phi) is 13.0. The lowest BCUT2D eigenvalue weighted by molar-refractivity contribution is -0.368. The molecule has 9 unspecified atom stereocenters. The fraction of sp³-hybridized carbons (Fsp3) is 1.00. The van der Waals surface area contributed by atoms with Crippen molar-refractivity contribution in [2.45, 2.75) is 112 Å². The number of hydrogen-bond donors (Lipinski definition) is 3. The maximum absolute atomic E-state index is 7.98. The fourth-order valence-electron chi connectivity index (χ4n) is 5.25. The van der Waals surface area contributed by atoms with Gasteiger partial charge in [-0.05, 0) is 13.3 Å². The molecule has 0 aliphatic carbocycles. The SMILES string of the molecule is [2H]O[C@@H]1C(C)OC(COP)[C@@H](OC2OC(COP)[C@H](O[B])[C@H](OC3OC(CC)[C@H](O[B])[C@H](OC)[C@H]3O[2H])[C@@H]2O[2H])[C@@H]1OP. The highest BCUT2D eigenvalue weighted by molar-refractivity contribution is 7.10. The van der Waals surface area contributed by atoms with Gasteiger partial charge >= 0.3 is 0 Å². The van der Waals surface area contributed by atoms with Crippen LogP contribution in [0.3, 0.4) is 0 Å². The van der Waals surface area contributed by atoms with Gasteiger partial charge < -0.3 is 66.6 Å². The summed E-state index contributed by atoms with van der Waals surface area (Å²) in [5.74, 6) is 0.